The number of ether oxygens (including phenoxy) is 3. The van der Waals surface area contributed by atoms with E-state index in [9.17, 15) is 14.9 Å². The number of aromatic nitrogens is 1. The number of nitrogens with one attached hydrogen (secondary N) is 1. The lowest BCUT2D eigenvalue weighted by atomic mass is 10.1. The molecule has 0 radical (unpaired) electrons. The highest BCUT2D eigenvalue weighted by Gasteiger charge is 2.28. The van der Waals surface area contributed by atoms with E-state index in [0.29, 0.717) is 17.2 Å². The van der Waals surface area contributed by atoms with E-state index in [0.717, 1.165) is 0 Å². The van der Waals surface area contributed by atoms with Gasteiger partial charge in [-0.2, -0.15) is 5.26 Å². The summed E-state index contributed by atoms with van der Waals surface area (Å²) in [6.45, 7) is 3.12. The Balaban J connectivity index is 1.48. The maximum Gasteiger partial charge on any atom is 0.343 e. The van der Waals surface area contributed by atoms with E-state index >= 15 is 0 Å². The highest BCUT2D eigenvalue weighted by molar-refractivity contribution is 5.99. The van der Waals surface area contributed by atoms with E-state index in [4.69, 9.17) is 18.6 Å². The highest BCUT2D eigenvalue weighted by atomic mass is 16.7. The normalized spacial score (nSPS) is 12.8. The largest absolute Gasteiger partial charge is 0.454 e. The van der Waals surface area contributed by atoms with E-state index in [1.165, 1.54) is 6.92 Å². The Hall–Kier alpha value is -4.19. The number of carbonyl (C=O) groups excluding carboxylic acids is 2. The second-order valence-corrected chi connectivity index (χ2v) is 6.52. The van der Waals surface area contributed by atoms with Gasteiger partial charge in [0.25, 0.3) is 5.91 Å². The van der Waals surface area contributed by atoms with Crippen LogP contribution in [0.4, 0.5) is 5.69 Å². The van der Waals surface area contributed by atoms with E-state index in [2.05, 4.69) is 5.32 Å². The third kappa shape index (κ3) is 3.46. The number of amides is 1. The van der Waals surface area contributed by atoms with Crippen LogP contribution < -0.4 is 14.8 Å². The lowest BCUT2D eigenvalue weighted by Crippen LogP contribution is -2.30. The van der Waals surface area contributed by atoms with Crippen LogP contribution in [-0.4, -0.2) is 29.3 Å². The molecule has 152 valence electrons. The van der Waals surface area contributed by atoms with Gasteiger partial charge in [-0.3, -0.25) is 9.36 Å². The van der Waals surface area contributed by atoms with E-state index in [1.54, 1.807) is 54.2 Å². The molecule has 9 nitrogen and oxygen atoms in total. The molecule has 30 heavy (non-hydrogen) atoms. The molecule has 1 N–H and O–H groups in total. The van der Waals surface area contributed by atoms with Crippen molar-refractivity contribution < 1.29 is 28.2 Å². The fraction of sp³-hybridized carbons (Fsp3) is 0.190. The van der Waals surface area contributed by atoms with Gasteiger partial charge in [0.1, 0.15) is 23.0 Å². The molecule has 1 aliphatic rings. The van der Waals surface area contributed by atoms with Gasteiger partial charge in [-0.25, -0.2) is 4.79 Å². The monoisotopic (exact) mass is 407 g/mol. The zero-order valence-corrected chi connectivity index (χ0v) is 16.2. The van der Waals surface area contributed by atoms with Gasteiger partial charge in [0.05, 0.1) is 0 Å². The number of fused-ring (bicyclic) bond motifs is 1. The summed E-state index contributed by atoms with van der Waals surface area (Å²) >= 11 is 0. The Bertz CT molecular complexity index is 1160. The van der Waals surface area contributed by atoms with Gasteiger partial charge >= 0.3 is 5.97 Å². The molecular weight excluding hydrogens is 390 g/mol. The summed E-state index contributed by atoms with van der Waals surface area (Å²) in [5, 5.41) is 12.2. The standard InChI is InChI=1S/C21H17N3O6/c1-12-18(15(10-22)20(29-12)24-7-3-4-8-24)21(26)30-13(2)19(25)23-14-5-6-16-17(9-14)28-11-27-16/h3-9,13H,11H2,1-2H3,(H,23,25). The minimum absolute atomic E-state index is 0.0103. The lowest BCUT2D eigenvalue weighted by molar-refractivity contribution is -0.123. The third-order valence-electron chi connectivity index (χ3n) is 4.51. The summed E-state index contributed by atoms with van der Waals surface area (Å²) in [4.78, 5) is 25.1. The van der Waals surface area contributed by atoms with Crippen LogP contribution in [-0.2, 0) is 9.53 Å². The van der Waals surface area contributed by atoms with Crippen molar-refractivity contribution in [3.63, 3.8) is 0 Å². The number of hydrogen-bond acceptors (Lipinski definition) is 7. The Morgan fingerprint density at radius 1 is 1.23 bits per heavy atom. The van der Waals surface area contributed by atoms with Crippen LogP contribution in [0.1, 0.15) is 28.6 Å². The van der Waals surface area contributed by atoms with Gasteiger partial charge in [-0.15, -0.1) is 0 Å². The smallest absolute Gasteiger partial charge is 0.343 e. The molecule has 0 fully saturated rings. The predicted molar refractivity (Wildman–Crippen MR) is 104 cm³/mol. The molecule has 0 spiro atoms. The molecular formula is C21H17N3O6. The summed E-state index contributed by atoms with van der Waals surface area (Å²) < 4.78 is 23.0. The minimum atomic E-state index is -1.11. The average Bonchev–Trinajstić information content (AvgIpc) is 3.46. The number of furan rings is 1. The molecule has 4 rings (SSSR count). The maximum atomic E-state index is 12.7. The molecule has 3 aromatic rings. The molecule has 2 aromatic heterocycles. The average molecular weight is 407 g/mol. The first-order chi connectivity index (χ1) is 14.5. The fourth-order valence-electron chi connectivity index (χ4n) is 3.02. The van der Waals surface area contributed by atoms with Crippen LogP contribution in [0, 0.1) is 18.3 Å². The van der Waals surface area contributed by atoms with E-state index < -0.39 is 18.0 Å². The molecule has 0 saturated carbocycles. The molecule has 1 aromatic carbocycles. The number of nitrogens with zero attached hydrogens (tertiary/aromatic N) is 2. The molecule has 3 heterocycles. The Morgan fingerprint density at radius 3 is 2.70 bits per heavy atom. The SMILES string of the molecule is Cc1oc(-n2cccc2)c(C#N)c1C(=O)OC(C)C(=O)Nc1ccc2c(c1)OCO2. The van der Waals surface area contributed by atoms with Crippen molar-refractivity contribution in [2.45, 2.75) is 20.0 Å². The maximum absolute atomic E-state index is 12.7. The number of aryl methyl sites for hydroxylation is 1. The first-order valence-electron chi connectivity index (χ1n) is 9.06. The van der Waals surface area contributed by atoms with Crippen molar-refractivity contribution in [3.05, 3.63) is 59.6 Å². The summed E-state index contributed by atoms with van der Waals surface area (Å²) in [6, 6.07) is 10.4. The predicted octanol–water partition coefficient (Wildman–Crippen LogP) is 3.16. The van der Waals surface area contributed by atoms with Gasteiger partial charge in [0.2, 0.25) is 12.7 Å². The number of anilines is 1. The van der Waals surface area contributed by atoms with Crippen molar-refractivity contribution in [3.8, 4) is 23.5 Å². The van der Waals surface area contributed by atoms with E-state index in [1.807, 2.05) is 6.07 Å². The number of rotatable bonds is 5. The van der Waals surface area contributed by atoms with Crippen LogP contribution >= 0.6 is 0 Å². The second kappa shape index (κ2) is 7.67. The van der Waals surface area contributed by atoms with Gasteiger partial charge in [-0.1, -0.05) is 0 Å². The molecule has 1 amide bonds. The zero-order chi connectivity index (χ0) is 21.3. The number of hydrogen-bond donors (Lipinski definition) is 1. The van der Waals surface area contributed by atoms with Crippen molar-refractivity contribution in [1.29, 1.82) is 5.26 Å². The summed E-state index contributed by atoms with van der Waals surface area (Å²) in [6.07, 6.45) is 2.27. The first kappa shape index (κ1) is 19.1. The van der Waals surface area contributed by atoms with Crippen LogP contribution in [0.5, 0.6) is 11.5 Å². The van der Waals surface area contributed by atoms with Crippen LogP contribution in [0.25, 0.3) is 5.88 Å². The lowest BCUT2D eigenvalue weighted by Gasteiger charge is -2.13. The molecule has 1 aliphatic heterocycles. The van der Waals surface area contributed by atoms with Gasteiger partial charge in [-0.05, 0) is 38.1 Å². The molecule has 1 unspecified atom stereocenters. The minimum Gasteiger partial charge on any atom is -0.454 e. The van der Waals surface area contributed by atoms with Crippen LogP contribution in [0.15, 0.2) is 47.1 Å². The molecule has 0 saturated heterocycles. The number of nitriles is 1. The van der Waals surface area contributed by atoms with Crippen LogP contribution in [0.3, 0.4) is 0 Å². The molecule has 1 atom stereocenters. The Morgan fingerprint density at radius 2 is 1.97 bits per heavy atom. The topological polar surface area (TPSA) is 116 Å². The summed E-state index contributed by atoms with van der Waals surface area (Å²) in [5.74, 6) is 0.188. The Labute approximate surface area is 171 Å². The molecule has 9 heteroatoms. The quantitative estimate of drug-likeness (QED) is 0.646. The zero-order valence-electron chi connectivity index (χ0n) is 16.2. The highest BCUT2D eigenvalue weighted by Crippen LogP contribution is 2.34. The van der Waals surface area contributed by atoms with Crippen molar-refractivity contribution in [1.82, 2.24) is 4.57 Å². The number of carbonyl (C=O) groups is 2. The number of benzene rings is 1. The van der Waals surface area contributed by atoms with Crippen LogP contribution in [0.2, 0.25) is 0 Å². The Kier molecular flexibility index (Phi) is 4.90. The summed E-state index contributed by atoms with van der Waals surface area (Å²) in [7, 11) is 0. The first-order valence-corrected chi connectivity index (χ1v) is 9.06. The second-order valence-electron chi connectivity index (χ2n) is 6.52. The van der Waals surface area contributed by atoms with Gasteiger partial charge in [0.15, 0.2) is 17.6 Å². The van der Waals surface area contributed by atoms with Gasteiger partial charge in [0, 0.05) is 24.1 Å². The third-order valence-corrected chi connectivity index (χ3v) is 4.51. The molecule has 0 aliphatic carbocycles. The fourth-order valence-corrected chi connectivity index (χ4v) is 3.02. The van der Waals surface area contributed by atoms with Gasteiger partial charge < -0.3 is 23.9 Å². The van der Waals surface area contributed by atoms with Crippen molar-refractivity contribution in [2.75, 3.05) is 12.1 Å². The van der Waals surface area contributed by atoms with Crippen molar-refractivity contribution >= 4 is 17.6 Å². The van der Waals surface area contributed by atoms with Crippen molar-refractivity contribution in [2.24, 2.45) is 0 Å². The number of esters is 1. The van der Waals surface area contributed by atoms with E-state index in [-0.39, 0.29) is 29.6 Å². The summed E-state index contributed by atoms with van der Waals surface area (Å²) in [5.41, 5.74) is 0.500. The molecule has 0 bridgehead atoms.